The van der Waals surface area contributed by atoms with Gasteiger partial charge in [-0.3, -0.25) is 0 Å². The monoisotopic (exact) mass is 396 g/mol. The van der Waals surface area contributed by atoms with E-state index in [-0.39, 0.29) is 0 Å². The molecule has 0 bridgehead atoms. The molecule has 0 saturated heterocycles. The first-order valence-electron chi connectivity index (χ1n) is 10.7. The van der Waals surface area contributed by atoms with Crippen molar-refractivity contribution in [1.29, 1.82) is 0 Å². The van der Waals surface area contributed by atoms with Crippen LogP contribution in [0.4, 0.5) is 0 Å². The number of aryl methyl sites for hydroxylation is 1. The Bertz CT molecular complexity index is 1800. The van der Waals surface area contributed by atoms with Crippen LogP contribution in [-0.2, 0) is 7.05 Å². The van der Waals surface area contributed by atoms with Gasteiger partial charge in [-0.05, 0) is 35.7 Å². The van der Waals surface area contributed by atoms with Crippen molar-refractivity contribution in [2.24, 2.45) is 7.05 Å². The molecule has 7 rings (SSSR count). The lowest BCUT2D eigenvalue weighted by Crippen LogP contribution is -1.95. The van der Waals surface area contributed by atoms with E-state index in [9.17, 15) is 0 Å². The van der Waals surface area contributed by atoms with Gasteiger partial charge in [-0.25, -0.2) is 0 Å². The van der Waals surface area contributed by atoms with Crippen LogP contribution in [0.1, 0.15) is 0 Å². The lowest BCUT2D eigenvalue weighted by Gasteiger charge is -2.10. The highest BCUT2D eigenvalue weighted by molar-refractivity contribution is 6.19. The molecule has 146 valence electrons. The van der Waals surface area contributed by atoms with E-state index in [0.29, 0.717) is 0 Å². The van der Waals surface area contributed by atoms with Crippen molar-refractivity contribution in [3.63, 3.8) is 0 Å². The number of benzene rings is 5. The highest BCUT2D eigenvalue weighted by Gasteiger charge is 2.16. The van der Waals surface area contributed by atoms with Crippen LogP contribution in [0, 0.1) is 0 Å². The van der Waals surface area contributed by atoms with Gasteiger partial charge in [0.25, 0.3) is 0 Å². The molecule has 31 heavy (non-hydrogen) atoms. The molecular formula is C29H20N2. The Morgan fingerprint density at radius 2 is 1.13 bits per heavy atom. The van der Waals surface area contributed by atoms with Crippen molar-refractivity contribution < 1.29 is 0 Å². The zero-order chi connectivity index (χ0) is 20.5. The molecule has 2 heterocycles. The normalized spacial score (nSPS) is 12.0. The average Bonchev–Trinajstić information content (AvgIpc) is 3.32. The maximum Gasteiger partial charge on any atom is 0.0619 e. The molecule has 0 fully saturated rings. The summed E-state index contributed by atoms with van der Waals surface area (Å²) in [7, 11) is 2.15. The van der Waals surface area contributed by atoms with Crippen LogP contribution >= 0.6 is 0 Å². The Balaban J connectivity index is 1.68. The summed E-state index contributed by atoms with van der Waals surface area (Å²) in [5.74, 6) is 0. The summed E-state index contributed by atoms with van der Waals surface area (Å²) in [6.45, 7) is 0. The molecule has 2 nitrogen and oxygen atoms in total. The summed E-state index contributed by atoms with van der Waals surface area (Å²) < 4.78 is 4.73. The topological polar surface area (TPSA) is 9.86 Å². The SMILES string of the molecule is Cn1c2ccccc2c2cc(-n3c4ccccc4c4ccc5ccccc5c43)ccc21. The van der Waals surface area contributed by atoms with Gasteiger partial charge >= 0.3 is 0 Å². The molecule has 7 aromatic rings. The summed E-state index contributed by atoms with van der Waals surface area (Å²) in [6, 6.07) is 37.5. The minimum Gasteiger partial charge on any atom is -0.344 e. The predicted molar refractivity (Wildman–Crippen MR) is 132 cm³/mol. The molecule has 0 atom stereocenters. The molecule has 0 N–H and O–H groups in total. The van der Waals surface area contributed by atoms with Crippen LogP contribution in [0.15, 0.2) is 103 Å². The zero-order valence-electron chi connectivity index (χ0n) is 17.2. The second-order valence-electron chi connectivity index (χ2n) is 8.31. The third-order valence-electron chi connectivity index (χ3n) is 6.71. The minimum atomic E-state index is 1.20. The number of hydrogen-bond acceptors (Lipinski definition) is 0. The third-order valence-corrected chi connectivity index (χ3v) is 6.71. The van der Waals surface area contributed by atoms with Crippen LogP contribution in [0.5, 0.6) is 0 Å². The van der Waals surface area contributed by atoms with Gasteiger partial charge in [-0.15, -0.1) is 0 Å². The first-order valence-corrected chi connectivity index (χ1v) is 10.7. The summed E-state index contributed by atoms with van der Waals surface area (Å²) in [5, 5.41) is 7.74. The van der Waals surface area contributed by atoms with Crippen LogP contribution in [0.3, 0.4) is 0 Å². The molecule has 0 aliphatic heterocycles. The molecular weight excluding hydrogens is 376 g/mol. The van der Waals surface area contributed by atoms with Crippen molar-refractivity contribution in [2.45, 2.75) is 0 Å². The summed E-state index contributed by atoms with van der Waals surface area (Å²) in [5.41, 5.74) is 6.25. The van der Waals surface area contributed by atoms with E-state index in [1.54, 1.807) is 0 Å². The van der Waals surface area contributed by atoms with Crippen molar-refractivity contribution in [1.82, 2.24) is 9.13 Å². The van der Waals surface area contributed by atoms with Crippen molar-refractivity contribution in [2.75, 3.05) is 0 Å². The fraction of sp³-hybridized carbons (Fsp3) is 0.0345. The van der Waals surface area contributed by atoms with Gasteiger partial charge in [0.2, 0.25) is 0 Å². The Morgan fingerprint density at radius 1 is 0.484 bits per heavy atom. The molecule has 2 aromatic heterocycles. The van der Waals surface area contributed by atoms with Crippen LogP contribution < -0.4 is 0 Å². The average molecular weight is 396 g/mol. The van der Waals surface area contributed by atoms with Crippen molar-refractivity contribution in [3.8, 4) is 5.69 Å². The first-order chi connectivity index (χ1) is 15.3. The minimum absolute atomic E-state index is 1.20. The van der Waals surface area contributed by atoms with E-state index in [4.69, 9.17) is 0 Å². The van der Waals surface area contributed by atoms with E-state index in [1.165, 1.54) is 60.1 Å². The second kappa shape index (κ2) is 5.99. The Kier molecular flexibility index (Phi) is 3.23. The lowest BCUT2D eigenvalue weighted by atomic mass is 10.1. The van der Waals surface area contributed by atoms with Gasteiger partial charge in [-0.2, -0.15) is 0 Å². The van der Waals surface area contributed by atoms with E-state index in [0.717, 1.165) is 0 Å². The van der Waals surface area contributed by atoms with Gasteiger partial charge in [-0.1, -0.05) is 72.8 Å². The maximum atomic E-state index is 2.44. The summed E-state index contributed by atoms with van der Waals surface area (Å²) in [6.07, 6.45) is 0. The fourth-order valence-corrected chi connectivity index (χ4v) is 5.29. The molecule has 2 heteroatoms. The summed E-state index contributed by atoms with van der Waals surface area (Å²) >= 11 is 0. The standard InChI is InChI=1S/C29H20N2/c1-30-26-12-6-4-11-23(26)25-18-20(15-17-27(25)30)31-28-13-7-5-10-22(28)24-16-14-19-8-2-3-9-21(19)29(24)31/h2-18H,1H3. The Morgan fingerprint density at radius 3 is 1.97 bits per heavy atom. The molecule has 0 saturated carbocycles. The molecule has 5 aromatic carbocycles. The van der Waals surface area contributed by atoms with Crippen molar-refractivity contribution in [3.05, 3.63) is 103 Å². The fourth-order valence-electron chi connectivity index (χ4n) is 5.29. The quantitative estimate of drug-likeness (QED) is 0.271. The van der Waals surface area contributed by atoms with Gasteiger partial charge in [0.1, 0.15) is 0 Å². The van der Waals surface area contributed by atoms with Crippen LogP contribution in [-0.4, -0.2) is 9.13 Å². The number of aromatic nitrogens is 2. The summed E-state index contributed by atoms with van der Waals surface area (Å²) in [4.78, 5) is 0. The highest BCUT2D eigenvalue weighted by Crippen LogP contribution is 2.38. The van der Waals surface area contributed by atoms with E-state index >= 15 is 0 Å². The Labute approximate surface area is 179 Å². The smallest absolute Gasteiger partial charge is 0.0619 e. The number of hydrogen-bond donors (Lipinski definition) is 0. The van der Waals surface area contributed by atoms with Gasteiger partial charge in [0, 0.05) is 50.7 Å². The highest BCUT2D eigenvalue weighted by atomic mass is 15.0. The molecule has 0 aliphatic rings. The van der Waals surface area contributed by atoms with Gasteiger partial charge < -0.3 is 9.13 Å². The largest absolute Gasteiger partial charge is 0.344 e. The Hall–Kier alpha value is -4.04. The zero-order valence-corrected chi connectivity index (χ0v) is 17.2. The number of para-hydroxylation sites is 2. The van der Waals surface area contributed by atoms with Crippen LogP contribution in [0.25, 0.3) is 60.1 Å². The molecule has 0 unspecified atom stereocenters. The van der Waals surface area contributed by atoms with Gasteiger partial charge in [0.05, 0.1) is 11.0 Å². The number of fused-ring (bicyclic) bond motifs is 8. The predicted octanol–water partition coefficient (Wildman–Crippen LogP) is 7.58. The first kappa shape index (κ1) is 16.7. The molecule has 0 aliphatic carbocycles. The second-order valence-corrected chi connectivity index (χ2v) is 8.31. The maximum absolute atomic E-state index is 2.44. The number of rotatable bonds is 1. The van der Waals surface area contributed by atoms with Crippen LogP contribution in [0.2, 0.25) is 0 Å². The van der Waals surface area contributed by atoms with E-state index in [1.807, 2.05) is 0 Å². The van der Waals surface area contributed by atoms with E-state index < -0.39 is 0 Å². The molecule has 0 spiro atoms. The number of nitrogens with zero attached hydrogens (tertiary/aromatic N) is 2. The van der Waals surface area contributed by atoms with Gasteiger partial charge in [0.15, 0.2) is 0 Å². The molecule has 0 amide bonds. The lowest BCUT2D eigenvalue weighted by molar-refractivity contribution is 1.01. The van der Waals surface area contributed by atoms with Crippen molar-refractivity contribution >= 4 is 54.4 Å². The molecule has 0 radical (unpaired) electrons. The van der Waals surface area contributed by atoms with E-state index in [2.05, 4.69) is 119 Å². The third kappa shape index (κ3) is 2.17.